The number of hydrogen-bond donors (Lipinski definition) is 0. The van der Waals surface area contributed by atoms with Crippen LogP contribution in [0.4, 0.5) is 0 Å². The van der Waals surface area contributed by atoms with Gasteiger partial charge in [-0.25, -0.2) is 0 Å². The molecule has 0 spiro atoms. The SMILES string of the molecule is C=CCCC(=O)C(=O)c1ccccc1. The van der Waals surface area contributed by atoms with E-state index in [-0.39, 0.29) is 12.2 Å². The van der Waals surface area contributed by atoms with Crippen LogP contribution in [0.2, 0.25) is 0 Å². The van der Waals surface area contributed by atoms with Crippen molar-refractivity contribution in [3.8, 4) is 0 Å². The normalized spacial score (nSPS) is 9.43. The Bertz CT molecular complexity index is 339. The molecule has 1 rings (SSSR count). The molecule has 0 aliphatic heterocycles. The Balaban J connectivity index is 2.66. The highest BCUT2D eigenvalue weighted by atomic mass is 16.2. The minimum absolute atomic E-state index is 0.247. The summed E-state index contributed by atoms with van der Waals surface area (Å²) in [5.74, 6) is -0.761. The van der Waals surface area contributed by atoms with Crippen LogP contribution in [0.25, 0.3) is 0 Å². The molecule has 0 saturated heterocycles. The molecule has 0 saturated carbocycles. The highest BCUT2D eigenvalue weighted by Crippen LogP contribution is 2.03. The molecule has 0 amide bonds. The van der Waals surface area contributed by atoms with Crippen molar-refractivity contribution in [1.29, 1.82) is 0 Å². The monoisotopic (exact) mass is 188 g/mol. The van der Waals surface area contributed by atoms with E-state index >= 15 is 0 Å². The Morgan fingerprint density at radius 2 is 1.86 bits per heavy atom. The molecule has 72 valence electrons. The second-order valence-corrected chi connectivity index (χ2v) is 2.95. The predicted octanol–water partition coefficient (Wildman–Crippen LogP) is 2.40. The van der Waals surface area contributed by atoms with Gasteiger partial charge in [-0.05, 0) is 6.42 Å². The lowest BCUT2D eigenvalue weighted by molar-refractivity contribution is -0.115. The van der Waals surface area contributed by atoms with Crippen molar-refractivity contribution < 1.29 is 9.59 Å². The lowest BCUT2D eigenvalue weighted by Crippen LogP contribution is -2.13. The average Bonchev–Trinajstić information content (AvgIpc) is 2.26. The smallest absolute Gasteiger partial charge is 0.228 e. The fourth-order valence-electron chi connectivity index (χ4n) is 1.10. The van der Waals surface area contributed by atoms with E-state index in [2.05, 4.69) is 6.58 Å². The molecule has 0 fully saturated rings. The maximum Gasteiger partial charge on any atom is 0.228 e. The Hall–Kier alpha value is -1.70. The van der Waals surface area contributed by atoms with E-state index in [1.807, 2.05) is 6.07 Å². The molecule has 0 N–H and O–H groups in total. The summed E-state index contributed by atoms with van der Waals surface area (Å²) >= 11 is 0. The summed E-state index contributed by atoms with van der Waals surface area (Å²) in [4.78, 5) is 22.8. The molecule has 0 heterocycles. The summed E-state index contributed by atoms with van der Waals surface area (Å²) in [5.41, 5.74) is 0.460. The fraction of sp³-hybridized carbons (Fsp3) is 0.167. The molecular weight excluding hydrogens is 176 g/mol. The molecule has 1 aromatic rings. The van der Waals surface area contributed by atoms with E-state index in [0.717, 1.165) is 0 Å². The third-order valence-electron chi connectivity index (χ3n) is 1.86. The first-order valence-corrected chi connectivity index (χ1v) is 4.49. The van der Waals surface area contributed by atoms with Crippen molar-refractivity contribution in [1.82, 2.24) is 0 Å². The first kappa shape index (κ1) is 10.4. The molecule has 0 bridgehead atoms. The van der Waals surface area contributed by atoms with Gasteiger partial charge in [-0.2, -0.15) is 0 Å². The van der Waals surface area contributed by atoms with Crippen LogP contribution in [0.3, 0.4) is 0 Å². The van der Waals surface area contributed by atoms with Crippen LogP contribution >= 0.6 is 0 Å². The first-order valence-electron chi connectivity index (χ1n) is 4.49. The minimum atomic E-state index is -0.410. The molecule has 0 aromatic heterocycles. The number of carbonyl (C=O) groups excluding carboxylic acids is 2. The summed E-state index contributed by atoms with van der Waals surface area (Å²) in [5, 5.41) is 0. The number of rotatable bonds is 5. The lowest BCUT2D eigenvalue weighted by Gasteiger charge is -1.97. The number of benzene rings is 1. The van der Waals surface area contributed by atoms with Gasteiger partial charge in [-0.1, -0.05) is 36.4 Å². The zero-order valence-corrected chi connectivity index (χ0v) is 7.90. The summed E-state index contributed by atoms with van der Waals surface area (Å²) in [6, 6.07) is 8.59. The Morgan fingerprint density at radius 1 is 1.21 bits per heavy atom. The van der Waals surface area contributed by atoms with Crippen LogP contribution < -0.4 is 0 Å². The topological polar surface area (TPSA) is 34.1 Å². The summed E-state index contributed by atoms with van der Waals surface area (Å²) in [6.45, 7) is 3.50. The van der Waals surface area contributed by atoms with Crippen LogP contribution in [-0.4, -0.2) is 11.6 Å². The van der Waals surface area contributed by atoms with Gasteiger partial charge in [0.15, 0.2) is 0 Å². The molecule has 0 aliphatic carbocycles. The summed E-state index contributed by atoms with van der Waals surface area (Å²) in [7, 11) is 0. The molecule has 2 nitrogen and oxygen atoms in total. The summed E-state index contributed by atoms with van der Waals surface area (Å²) in [6.07, 6.45) is 2.44. The molecule has 1 aromatic carbocycles. The van der Waals surface area contributed by atoms with Crippen LogP contribution in [-0.2, 0) is 4.79 Å². The van der Waals surface area contributed by atoms with E-state index in [0.29, 0.717) is 12.0 Å². The predicted molar refractivity (Wildman–Crippen MR) is 55.2 cm³/mol. The second kappa shape index (κ2) is 5.12. The van der Waals surface area contributed by atoms with Gasteiger partial charge in [-0.3, -0.25) is 9.59 Å². The van der Waals surface area contributed by atoms with Crippen LogP contribution in [0, 0.1) is 0 Å². The highest BCUT2D eigenvalue weighted by Gasteiger charge is 2.13. The van der Waals surface area contributed by atoms with Crippen molar-refractivity contribution in [3.63, 3.8) is 0 Å². The Morgan fingerprint density at radius 3 is 2.43 bits per heavy atom. The maximum atomic E-state index is 11.5. The molecule has 0 radical (unpaired) electrons. The van der Waals surface area contributed by atoms with Crippen LogP contribution in [0.15, 0.2) is 43.0 Å². The van der Waals surface area contributed by atoms with Gasteiger partial charge in [0.2, 0.25) is 11.6 Å². The van der Waals surface area contributed by atoms with Crippen LogP contribution in [0.5, 0.6) is 0 Å². The average molecular weight is 188 g/mol. The van der Waals surface area contributed by atoms with Crippen molar-refractivity contribution in [2.45, 2.75) is 12.8 Å². The summed E-state index contributed by atoms with van der Waals surface area (Å²) < 4.78 is 0. The van der Waals surface area contributed by atoms with Crippen molar-refractivity contribution in [2.24, 2.45) is 0 Å². The number of carbonyl (C=O) groups is 2. The molecule has 0 unspecified atom stereocenters. The fourth-order valence-corrected chi connectivity index (χ4v) is 1.10. The van der Waals surface area contributed by atoms with E-state index in [1.165, 1.54) is 0 Å². The third-order valence-corrected chi connectivity index (χ3v) is 1.86. The Labute approximate surface area is 83.3 Å². The highest BCUT2D eigenvalue weighted by molar-refractivity contribution is 6.43. The van der Waals surface area contributed by atoms with E-state index in [1.54, 1.807) is 30.3 Å². The number of Topliss-reactive ketones (excluding diaryl/α,β-unsaturated/α-hetero) is 2. The van der Waals surface area contributed by atoms with Crippen molar-refractivity contribution >= 4 is 11.6 Å². The number of ketones is 2. The molecule has 14 heavy (non-hydrogen) atoms. The standard InChI is InChI=1S/C12H12O2/c1-2-3-9-11(13)12(14)10-7-5-4-6-8-10/h2,4-8H,1,3,9H2. The minimum Gasteiger partial charge on any atom is -0.290 e. The molecular formula is C12H12O2. The van der Waals surface area contributed by atoms with E-state index < -0.39 is 5.78 Å². The quantitative estimate of drug-likeness (QED) is 0.404. The van der Waals surface area contributed by atoms with Gasteiger partial charge >= 0.3 is 0 Å². The lowest BCUT2D eigenvalue weighted by atomic mass is 10.0. The largest absolute Gasteiger partial charge is 0.290 e. The molecule has 0 atom stereocenters. The zero-order valence-electron chi connectivity index (χ0n) is 7.90. The van der Waals surface area contributed by atoms with Crippen LogP contribution in [0.1, 0.15) is 23.2 Å². The third kappa shape index (κ3) is 2.66. The number of allylic oxidation sites excluding steroid dienone is 1. The van der Waals surface area contributed by atoms with Crippen molar-refractivity contribution in [2.75, 3.05) is 0 Å². The van der Waals surface area contributed by atoms with Gasteiger partial charge < -0.3 is 0 Å². The zero-order chi connectivity index (χ0) is 10.4. The molecule has 2 heteroatoms. The van der Waals surface area contributed by atoms with Gasteiger partial charge in [0.1, 0.15) is 0 Å². The van der Waals surface area contributed by atoms with Crippen molar-refractivity contribution in [3.05, 3.63) is 48.6 Å². The number of hydrogen-bond acceptors (Lipinski definition) is 2. The van der Waals surface area contributed by atoms with Gasteiger partial charge in [0.25, 0.3) is 0 Å². The molecule has 0 aliphatic rings. The second-order valence-electron chi connectivity index (χ2n) is 2.95. The Kier molecular flexibility index (Phi) is 3.80. The van der Waals surface area contributed by atoms with E-state index in [4.69, 9.17) is 0 Å². The first-order chi connectivity index (χ1) is 6.75. The van der Waals surface area contributed by atoms with Gasteiger partial charge in [0, 0.05) is 12.0 Å². The van der Waals surface area contributed by atoms with E-state index in [9.17, 15) is 9.59 Å². The van der Waals surface area contributed by atoms with Gasteiger partial charge in [-0.15, -0.1) is 6.58 Å². The van der Waals surface area contributed by atoms with Gasteiger partial charge in [0.05, 0.1) is 0 Å². The maximum absolute atomic E-state index is 11.5.